The van der Waals surface area contributed by atoms with Crippen LogP contribution in [0.1, 0.15) is 105 Å². The van der Waals surface area contributed by atoms with E-state index in [0.29, 0.717) is 55.2 Å². The summed E-state index contributed by atoms with van der Waals surface area (Å²) in [5.74, 6) is 1.21. The number of aromatic nitrogens is 3. The Kier molecular flexibility index (Phi) is 9.20. The summed E-state index contributed by atoms with van der Waals surface area (Å²) in [6.45, 7) is 13.0. The maximum Gasteiger partial charge on any atom is 0.352 e. The van der Waals surface area contributed by atoms with Crippen LogP contribution >= 0.6 is 0 Å². The first-order valence-electron chi connectivity index (χ1n) is 17.8. The lowest BCUT2D eigenvalue weighted by Crippen LogP contribution is -2.42. The zero-order chi connectivity index (χ0) is 33.7. The molecular formula is C39H53N3O5. The molecule has 254 valence electrons. The first-order chi connectivity index (χ1) is 22.3. The topological polar surface area (TPSA) is 95.5 Å². The summed E-state index contributed by atoms with van der Waals surface area (Å²) in [5.41, 5.74) is 2.45. The molecule has 2 aromatic rings. The summed E-state index contributed by atoms with van der Waals surface area (Å²) in [6.07, 6.45) is 15.5. The number of aliphatic carboxylic acids is 1. The van der Waals surface area contributed by atoms with E-state index in [1.54, 1.807) is 35.3 Å². The van der Waals surface area contributed by atoms with E-state index in [0.717, 1.165) is 31.3 Å². The largest absolute Gasteiger partial charge is 0.479 e. The van der Waals surface area contributed by atoms with Gasteiger partial charge in [-0.2, -0.15) is 0 Å². The zero-order valence-electron chi connectivity index (χ0n) is 29.1. The smallest absolute Gasteiger partial charge is 0.352 e. The molecule has 1 aliphatic heterocycles. The lowest BCUT2D eigenvalue weighted by Gasteiger charge is -2.44. The zero-order valence-corrected chi connectivity index (χ0v) is 29.1. The number of carbonyl (C=O) groups is 1. The molecule has 3 unspecified atom stereocenters. The predicted octanol–water partition coefficient (Wildman–Crippen LogP) is 7.47. The molecule has 2 heterocycles. The molecule has 4 aliphatic rings. The Morgan fingerprint density at radius 1 is 1.09 bits per heavy atom. The quantitative estimate of drug-likeness (QED) is 0.286. The molecule has 1 aromatic heterocycles. The molecule has 0 radical (unpaired) electrons. The Labute approximate surface area is 278 Å². The predicted molar refractivity (Wildman–Crippen MR) is 185 cm³/mol. The van der Waals surface area contributed by atoms with Crippen LogP contribution in [0.3, 0.4) is 0 Å². The number of rotatable bonds is 9. The molecule has 6 atom stereocenters. The van der Waals surface area contributed by atoms with Crippen molar-refractivity contribution >= 4 is 5.97 Å². The number of para-hydroxylation sites is 1. The van der Waals surface area contributed by atoms with Gasteiger partial charge in [0, 0.05) is 0 Å². The molecule has 2 saturated carbocycles. The summed E-state index contributed by atoms with van der Waals surface area (Å²) in [6, 6.07) is 8.75. The molecule has 47 heavy (non-hydrogen) atoms. The van der Waals surface area contributed by atoms with E-state index in [1.807, 2.05) is 18.2 Å². The minimum absolute atomic E-state index is 0.182. The number of carboxylic acids is 1. The van der Waals surface area contributed by atoms with E-state index >= 15 is 0 Å². The van der Waals surface area contributed by atoms with Crippen LogP contribution in [-0.2, 0) is 16.1 Å². The van der Waals surface area contributed by atoms with E-state index in [9.17, 15) is 19.5 Å². The second-order valence-corrected chi connectivity index (χ2v) is 15.8. The molecule has 8 nitrogen and oxygen atoms in total. The number of carboxylic acid groups (broad SMARTS) is 1. The fraction of sp³-hybridized carbons (Fsp3) is 0.615. The van der Waals surface area contributed by atoms with Gasteiger partial charge in [-0.15, -0.1) is 0 Å². The van der Waals surface area contributed by atoms with E-state index < -0.39 is 17.6 Å². The molecular weight excluding hydrogens is 590 g/mol. The van der Waals surface area contributed by atoms with Crippen LogP contribution in [0.2, 0.25) is 0 Å². The number of ether oxygens (including phenoxy) is 1. The minimum Gasteiger partial charge on any atom is -0.479 e. The molecule has 0 amide bonds. The maximum absolute atomic E-state index is 14.3. The second kappa shape index (κ2) is 12.9. The standard InChI is InChI=1S/C39H53N3O5/c1-25(2)12-10-13-26(3)32-19-20-33-27(14-11-21-39(32,33)6)22-34-31-23-30(47-38(4,5)35(43)44)18-17-28(31)24-40-36(45)41(37(46)42(34)40)29-15-8-7-9-16-29/h7-10,13,15-16,22,25-26,30,32-34H,11-12,14,17-21,23-24H2,1-6H3,(H,43,44)/b13-10+,27-22+/t26-,30+,32?,33?,34?,39-/m1/s1. The van der Waals surface area contributed by atoms with Gasteiger partial charge in [-0.05, 0) is 124 Å². The maximum atomic E-state index is 14.3. The highest BCUT2D eigenvalue weighted by Crippen LogP contribution is 2.60. The van der Waals surface area contributed by atoms with Crippen LogP contribution in [0.15, 0.2) is 74.9 Å². The normalized spacial score (nSPS) is 29.3. The Balaban J connectivity index is 1.41. The lowest BCUT2D eigenvalue weighted by atomic mass is 9.61. The van der Waals surface area contributed by atoms with E-state index in [4.69, 9.17) is 4.74 Å². The van der Waals surface area contributed by atoms with Crippen molar-refractivity contribution in [1.82, 2.24) is 13.9 Å². The number of nitrogens with zero attached hydrogens (tertiary/aromatic N) is 3. The molecule has 6 rings (SSSR count). The van der Waals surface area contributed by atoms with Gasteiger partial charge in [-0.25, -0.2) is 28.3 Å². The molecule has 0 bridgehead atoms. The van der Waals surface area contributed by atoms with Gasteiger partial charge in [0.25, 0.3) is 0 Å². The Hall–Kier alpha value is -3.39. The molecule has 2 fully saturated rings. The molecule has 0 spiro atoms. The second-order valence-electron chi connectivity index (χ2n) is 15.8. The van der Waals surface area contributed by atoms with Crippen molar-refractivity contribution in [2.75, 3.05) is 0 Å². The van der Waals surface area contributed by atoms with Gasteiger partial charge in [0.05, 0.1) is 24.4 Å². The first kappa shape index (κ1) is 33.5. The number of fused-ring (bicyclic) bond motifs is 2. The third-order valence-electron chi connectivity index (χ3n) is 11.8. The van der Waals surface area contributed by atoms with Crippen molar-refractivity contribution in [3.05, 3.63) is 86.2 Å². The summed E-state index contributed by atoms with van der Waals surface area (Å²) < 4.78 is 10.8. The number of benzene rings is 1. The van der Waals surface area contributed by atoms with Crippen molar-refractivity contribution in [1.29, 1.82) is 0 Å². The average molecular weight is 644 g/mol. The van der Waals surface area contributed by atoms with Gasteiger partial charge in [0.2, 0.25) is 0 Å². The Morgan fingerprint density at radius 3 is 2.53 bits per heavy atom. The number of allylic oxidation sites excluding steroid dienone is 5. The highest BCUT2D eigenvalue weighted by molar-refractivity contribution is 5.76. The average Bonchev–Trinajstić information content (AvgIpc) is 3.50. The third kappa shape index (κ3) is 6.18. The molecule has 8 heteroatoms. The van der Waals surface area contributed by atoms with Gasteiger partial charge in [-0.3, -0.25) is 0 Å². The summed E-state index contributed by atoms with van der Waals surface area (Å²) >= 11 is 0. The van der Waals surface area contributed by atoms with E-state index in [1.165, 1.54) is 28.6 Å². The van der Waals surface area contributed by atoms with Crippen molar-refractivity contribution < 1.29 is 14.6 Å². The van der Waals surface area contributed by atoms with Gasteiger partial charge in [-0.1, -0.05) is 69.7 Å². The van der Waals surface area contributed by atoms with E-state index in [2.05, 4.69) is 45.9 Å². The minimum atomic E-state index is -1.31. The Morgan fingerprint density at radius 2 is 1.83 bits per heavy atom. The van der Waals surface area contributed by atoms with Crippen LogP contribution in [0.5, 0.6) is 0 Å². The summed E-state index contributed by atoms with van der Waals surface area (Å²) in [5, 5.41) is 9.79. The number of hydrogen-bond donors (Lipinski definition) is 1. The fourth-order valence-corrected chi connectivity index (χ4v) is 9.32. The molecule has 1 aromatic carbocycles. The van der Waals surface area contributed by atoms with Crippen molar-refractivity contribution in [2.24, 2.45) is 29.1 Å². The van der Waals surface area contributed by atoms with E-state index in [-0.39, 0.29) is 22.9 Å². The van der Waals surface area contributed by atoms with Crippen LogP contribution in [0.25, 0.3) is 5.69 Å². The van der Waals surface area contributed by atoms with Crippen LogP contribution in [0.4, 0.5) is 0 Å². The summed E-state index contributed by atoms with van der Waals surface area (Å²) in [7, 11) is 0. The molecule has 1 N–H and O–H groups in total. The van der Waals surface area contributed by atoms with Crippen LogP contribution in [-0.4, -0.2) is 36.7 Å². The van der Waals surface area contributed by atoms with Crippen LogP contribution in [0, 0.1) is 29.1 Å². The third-order valence-corrected chi connectivity index (χ3v) is 11.8. The Bertz CT molecular complexity index is 1700. The van der Waals surface area contributed by atoms with Crippen LogP contribution < -0.4 is 11.4 Å². The highest BCUT2D eigenvalue weighted by Gasteiger charge is 2.51. The lowest BCUT2D eigenvalue weighted by molar-refractivity contribution is -0.168. The fourth-order valence-electron chi connectivity index (χ4n) is 9.32. The first-order valence-corrected chi connectivity index (χ1v) is 17.8. The number of hydrogen-bond acceptors (Lipinski definition) is 4. The monoisotopic (exact) mass is 643 g/mol. The van der Waals surface area contributed by atoms with Gasteiger partial charge >= 0.3 is 17.3 Å². The molecule has 0 saturated heterocycles. The van der Waals surface area contributed by atoms with Gasteiger partial charge < -0.3 is 9.84 Å². The highest BCUT2D eigenvalue weighted by atomic mass is 16.5. The van der Waals surface area contributed by atoms with Crippen molar-refractivity contribution in [2.45, 2.75) is 124 Å². The van der Waals surface area contributed by atoms with Gasteiger partial charge in [0.15, 0.2) is 5.60 Å². The van der Waals surface area contributed by atoms with Gasteiger partial charge in [0.1, 0.15) is 0 Å². The SMILES string of the molecule is CC(C)C/C=C/[C@@H](C)C1CCC2/C(=C/C3C4=C(CC[C@H](OC(C)(C)C(=O)O)C4)Cn4c(=O)n(-c5ccccc5)c(=O)n43)CCC[C@@]21C. The van der Waals surface area contributed by atoms with Crippen molar-refractivity contribution in [3.63, 3.8) is 0 Å². The summed E-state index contributed by atoms with van der Waals surface area (Å²) in [4.78, 5) is 40.1. The molecule has 3 aliphatic carbocycles. The van der Waals surface area contributed by atoms with Crippen molar-refractivity contribution in [3.8, 4) is 5.69 Å².